The highest BCUT2D eigenvalue weighted by Gasteiger charge is 2.26. The van der Waals surface area contributed by atoms with Crippen LogP contribution in [0.5, 0.6) is 0 Å². The van der Waals surface area contributed by atoms with Gasteiger partial charge in [0, 0.05) is 18.2 Å². The normalized spacial score (nSPS) is 11.1. The standard InChI is InChI=1S/C20H16Cl3N3O4/c1-9(2)7-15(27)17-19(28)16-14(26(29)30)6-5-12(22)18(16)25-20(17)24-10-3-4-11(21)13(23)8-10/h3-6,8-9H,7H2,1-2H3,(H2,24,25,28). The van der Waals surface area contributed by atoms with Crippen LogP contribution >= 0.6 is 34.8 Å². The number of carbonyl (C=O) groups is 1. The van der Waals surface area contributed by atoms with E-state index in [0.717, 1.165) is 6.07 Å². The summed E-state index contributed by atoms with van der Waals surface area (Å²) in [4.78, 5) is 39.9. The molecule has 10 heteroatoms. The fourth-order valence-electron chi connectivity index (χ4n) is 3.05. The summed E-state index contributed by atoms with van der Waals surface area (Å²) in [7, 11) is 0. The van der Waals surface area contributed by atoms with Crippen molar-refractivity contribution in [2.24, 2.45) is 5.92 Å². The van der Waals surface area contributed by atoms with E-state index in [4.69, 9.17) is 34.8 Å². The van der Waals surface area contributed by atoms with Crippen molar-refractivity contribution in [1.82, 2.24) is 4.98 Å². The van der Waals surface area contributed by atoms with Crippen molar-refractivity contribution >= 4 is 68.7 Å². The molecular weight excluding hydrogens is 453 g/mol. The Bertz CT molecular complexity index is 1240. The summed E-state index contributed by atoms with van der Waals surface area (Å²) in [6.07, 6.45) is 0.0823. The van der Waals surface area contributed by atoms with E-state index >= 15 is 0 Å². The van der Waals surface area contributed by atoms with Gasteiger partial charge in [0.15, 0.2) is 5.78 Å². The Hall–Kier alpha value is -2.61. The Morgan fingerprint density at radius 2 is 1.80 bits per heavy atom. The molecule has 0 unspecified atom stereocenters. The molecule has 0 bridgehead atoms. The second-order valence-electron chi connectivity index (χ2n) is 7.05. The molecule has 0 saturated carbocycles. The van der Waals surface area contributed by atoms with Crippen molar-refractivity contribution in [2.45, 2.75) is 20.3 Å². The first-order valence-electron chi connectivity index (χ1n) is 8.88. The van der Waals surface area contributed by atoms with Crippen LogP contribution in [0, 0.1) is 16.0 Å². The van der Waals surface area contributed by atoms with Crippen LogP contribution in [0.25, 0.3) is 10.9 Å². The molecule has 0 aliphatic carbocycles. The van der Waals surface area contributed by atoms with E-state index in [-0.39, 0.29) is 44.7 Å². The molecular formula is C20H16Cl3N3O4. The smallest absolute Gasteiger partial charge is 0.282 e. The number of aromatic amines is 1. The van der Waals surface area contributed by atoms with E-state index in [1.807, 2.05) is 13.8 Å². The first kappa shape index (κ1) is 22.1. The predicted octanol–water partition coefficient (Wildman–Crippen LogP) is 6.37. The molecule has 3 rings (SSSR count). The zero-order valence-electron chi connectivity index (χ0n) is 15.9. The average molecular weight is 469 g/mol. The Labute approximate surface area is 186 Å². The lowest BCUT2D eigenvalue weighted by Gasteiger charge is -2.15. The monoisotopic (exact) mass is 467 g/mol. The lowest BCUT2D eigenvalue weighted by molar-refractivity contribution is -0.383. The number of carbonyl (C=O) groups excluding carboxylic acids is 1. The summed E-state index contributed by atoms with van der Waals surface area (Å²) < 4.78 is 0. The van der Waals surface area contributed by atoms with E-state index in [0.29, 0.717) is 10.7 Å². The minimum absolute atomic E-state index is 0.0280. The number of anilines is 2. The first-order chi connectivity index (χ1) is 14.1. The number of fused-ring (bicyclic) bond motifs is 1. The third kappa shape index (κ3) is 4.28. The van der Waals surface area contributed by atoms with Crippen LogP contribution in [0.4, 0.5) is 17.2 Å². The van der Waals surface area contributed by atoms with Crippen LogP contribution in [0.1, 0.15) is 30.6 Å². The van der Waals surface area contributed by atoms with E-state index in [1.165, 1.54) is 12.1 Å². The number of non-ortho nitro benzene ring substituents is 1. The number of benzene rings is 2. The van der Waals surface area contributed by atoms with Gasteiger partial charge in [-0.05, 0) is 30.2 Å². The molecule has 3 aromatic rings. The van der Waals surface area contributed by atoms with Crippen molar-refractivity contribution in [3.63, 3.8) is 0 Å². The van der Waals surface area contributed by atoms with Gasteiger partial charge in [0.1, 0.15) is 16.8 Å². The number of rotatable bonds is 6. The minimum atomic E-state index is -0.772. The first-order valence-corrected chi connectivity index (χ1v) is 10.0. The number of aromatic nitrogens is 1. The molecule has 0 amide bonds. The SMILES string of the molecule is CC(C)CC(=O)c1c(Nc2ccc(Cl)c(Cl)c2)[nH]c2c(Cl)ccc([N+](=O)[O-])c2c1=O. The van der Waals surface area contributed by atoms with Crippen LogP contribution in [-0.4, -0.2) is 15.7 Å². The van der Waals surface area contributed by atoms with Gasteiger partial charge < -0.3 is 10.3 Å². The maximum absolute atomic E-state index is 13.3. The van der Waals surface area contributed by atoms with Crippen molar-refractivity contribution in [2.75, 3.05) is 5.32 Å². The Balaban J connectivity index is 2.32. The average Bonchev–Trinajstić information content (AvgIpc) is 2.64. The molecule has 30 heavy (non-hydrogen) atoms. The quantitative estimate of drug-likeness (QED) is 0.248. The number of halogens is 3. The number of hydrogen-bond acceptors (Lipinski definition) is 5. The number of pyridine rings is 1. The summed E-state index contributed by atoms with van der Waals surface area (Å²) in [6, 6.07) is 7.15. The predicted molar refractivity (Wildman–Crippen MR) is 120 cm³/mol. The zero-order valence-corrected chi connectivity index (χ0v) is 18.2. The highest BCUT2D eigenvalue weighted by Crippen LogP contribution is 2.32. The highest BCUT2D eigenvalue weighted by molar-refractivity contribution is 6.42. The van der Waals surface area contributed by atoms with Gasteiger partial charge in [-0.15, -0.1) is 0 Å². The number of Topliss-reactive ketones (excluding diaryl/α,β-unsaturated/α-hetero) is 1. The number of ketones is 1. The van der Waals surface area contributed by atoms with E-state index < -0.39 is 21.8 Å². The lowest BCUT2D eigenvalue weighted by atomic mass is 9.99. The van der Waals surface area contributed by atoms with Gasteiger partial charge in [-0.25, -0.2) is 0 Å². The molecule has 7 nitrogen and oxygen atoms in total. The maximum atomic E-state index is 13.3. The number of hydrogen-bond donors (Lipinski definition) is 2. The summed E-state index contributed by atoms with van der Waals surface area (Å²) >= 11 is 18.2. The molecule has 0 fully saturated rings. The summed E-state index contributed by atoms with van der Waals surface area (Å²) in [5, 5.41) is 14.9. The van der Waals surface area contributed by atoms with E-state index in [1.54, 1.807) is 12.1 Å². The number of nitrogens with zero attached hydrogens (tertiary/aromatic N) is 1. The Morgan fingerprint density at radius 1 is 1.13 bits per heavy atom. The van der Waals surface area contributed by atoms with E-state index in [2.05, 4.69) is 10.3 Å². The molecule has 0 aliphatic rings. The van der Waals surface area contributed by atoms with Gasteiger partial charge >= 0.3 is 0 Å². The number of nitro benzene ring substituents is 1. The van der Waals surface area contributed by atoms with Crippen LogP contribution in [0.3, 0.4) is 0 Å². The number of nitro groups is 1. The third-order valence-corrected chi connectivity index (χ3v) is 5.40. The second-order valence-corrected chi connectivity index (χ2v) is 8.27. The van der Waals surface area contributed by atoms with Gasteiger partial charge in [-0.2, -0.15) is 0 Å². The summed E-state index contributed by atoms with van der Waals surface area (Å²) in [5.74, 6) is -0.413. The molecule has 0 radical (unpaired) electrons. The van der Waals surface area contributed by atoms with Crippen LogP contribution in [-0.2, 0) is 0 Å². The van der Waals surface area contributed by atoms with E-state index in [9.17, 15) is 19.7 Å². The maximum Gasteiger partial charge on any atom is 0.282 e. The Kier molecular flexibility index (Phi) is 6.36. The van der Waals surface area contributed by atoms with Gasteiger partial charge in [0.2, 0.25) is 5.43 Å². The van der Waals surface area contributed by atoms with Gasteiger partial charge in [0.05, 0.1) is 25.5 Å². The zero-order chi connectivity index (χ0) is 22.2. The number of H-pyrrole nitrogens is 1. The number of nitrogens with one attached hydrogen (secondary N) is 2. The van der Waals surface area contributed by atoms with Crippen molar-refractivity contribution in [3.05, 3.63) is 71.3 Å². The molecule has 0 aliphatic heterocycles. The Morgan fingerprint density at radius 3 is 2.40 bits per heavy atom. The highest BCUT2D eigenvalue weighted by atomic mass is 35.5. The molecule has 156 valence electrons. The molecule has 0 saturated heterocycles. The fourth-order valence-corrected chi connectivity index (χ4v) is 3.55. The summed E-state index contributed by atoms with van der Waals surface area (Å²) in [6.45, 7) is 3.66. The lowest BCUT2D eigenvalue weighted by Crippen LogP contribution is -2.21. The fraction of sp³-hybridized carbons (Fsp3) is 0.200. The van der Waals surface area contributed by atoms with Gasteiger partial charge in [0.25, 0.3) is 5.69 Å². The molecule has 0 spiro atoms. The van der Waals surface area contributed by atoms with Crippen LogP contribution < -0.4 is 10.7 Å². The van der Waals surface area contributed by atoms with Crippen molar-refractivity contribution < 1.29 is 9.72 Å². The van der Waals surface area contributed by atoms with Crippen LogP contribution in [0.2, 0.25) is 15.1 Å². The largest absolute Gasteiger partial charge is 0.341 e. The summed E-state index contributed by atoms with van der Waals surface area (Å²) in [5.41, 5.74) is -0.909. The minimum Gasteiger partial charge on any atom is -0.341 e. The molecule has 1 aromatic heterocycles. The molecule has 1 heterocycles. The molecule has 2 aromatic carbocycles. The molecule has 2 N–H and O–H groups in total. The topological polar surface area (TPSA) is 105 Å². The second kappa shape index (κ2) is 8.63. The van der Waals surface area contributed by atoms with Crippen molar-refractivity contribution in [1.29, 1.82) is 0 Å². The van der Waals surface area contributed by atoms with Gasteiger partial charge in [-0.1, -0.05) is 48.7 Å². The molecule has 0 atom stereocenters. The third-order valence-electron chi connectivity index (χ3n) is 4.34. The van der Waals surface area contributed by atoms with Crippen molar-refractivity contribution in [3.8, 4) is 0 Å². The van der Waals surface area contributed by atoms with Gasteiger partial charge in [-0.3, -0.25) is 19.7 Å². The van der Waals surface area contributed by atoms with Crippen LogP contribution in [0.15, 0.2) is 35.1 Å².